The van der Waals surface area contributed by atoms with E-state index < -0.39 is 0 Å². The highest BCUT2D eigenvalue weighted by atomic mass is 16.2. The molecule has 5 N–H and O–H groups in total. The van der Waals surface area contributed by atoms with Crippen LogP contribution in [0.2, 0.25) is 0 Å². The van der Waals surface area contributed by atoms with E-state index in [0.717, 1.165) is 44.4 Å². The van der Waals surface area contributed by atoms with Gasteiger partial charge in [0.15, 0.2) is 6.29 Å². The molecule has 1 fully saturated rings. The highest BCUT2D eigenvalue weighted by Crippen LogP contribution is 2.24. The maximum Gasteiger partial charge on any atom is 0.170 e. The number of aliphatic hydroxyl groups is 1. The summed E-state index contributed by atoms with van der Waals surface area (Å²) in [6.07, 6.45) is 11.4. The Hall–Kier alpha value is -2.23. The molecule has 0 unspecified atom stereocenters. The minimum atomic E-state index is 0.376. The number of benzene rings is 1. The molecule has 2 aromatic rings. The lowest BCUT2D eigenvalue weighted by Crippen LogP contribution is -2.49. The first-order valence-electron chi connectivity index (χ1n) is 16.4. The van der Waals surface area contributed by atoms with Gasteiger partial charge in [-0.25, -0.2) is 4.98 Å². The second-order valence-electron chi connectivity index (χ2n) is 9.95. The van der Waals surface area contributed by atoms with Crippen LogP contribution in [0.3, 0.4) is 0 Å². The fraction of sp³-hybridized carbons (Fsp3) is 0.686. The number of aldehydes is 1. The number of aromatic nitrogens is 2. The van der Waals surface area contributed by atoms with Crippen LogP contribution in [0.1, 0.15) is 113 Å². The number of likely N-dealkylation sites (tertiary alicyclic amines) is 1. The van der Waals surface area contributed by atoms with Crippen LogP contribution in [0.4, 0.5) is 0 Å². The molecule has 0 spiro atoms. The van der Waals surface area contributed by atoms with Crippen molar-refractivity contribution < 1.29 is 9.90 Å². The number of carbonyl (C=O) groups excluding carboxylic acids is 1. The molecule has 1 aliphatic rings. The summed E-state index contributed by atoms with van der Waals surface area (Å²) in [4.78, 5) is 23.1. The SMILES string of the molecule is CC.CCCN(C(CC)CC)C1CCN(Cc2ccc(C)cc2CC)CC1.CCN.CN.CO.Cc1cnc(C=O)cn1. The Bertz CT molecular complexity index is 867. The molecule has 0 amide bonds. The van der Waals surface area contributed by atoms with E-state index in [2.05, 4.69) is 78.3 Å². The van der Waals surface area contributed by atoms with Crippen LogP contribution in [-0.2, 0) is 13.0 Å². The number of carbonyl (C=O) groups is 1. The molecule has 2 heterocycles. The Kier molecular flexibility index (Phi) is 32.8. The first-order valence-corrected chi connectivity index (χ1v) is 16.4. The quantitative estimate of drug-likeness (QED) is 0.274. The van der Waals surface area contributed by atoms with Crippen molar-refractivity contribution in [2.45, 2.75) is 119 Å². The zero-order valence-corrected chi connectivity index (χ0v) is 29.7. The van der Waals surface area contributed by atoms with Crippen molar-refractivity contribution in [3.8, 4) is 0 Å². The lowest BCUT2D eigenvalue weighted by Gasteiger charge is -2.42. The largest absolute Gasteiger partial charge is 0.400 e. The molecule has 8 heteroatoms. The second kappa shape index (κ2) is 31.2. The predicted molar refractivity (Wildman–Crippen MR) is 187 cm³/mol. The first-order chi connectivity index (χ1) is 20.9. The van der Waals surface area contributed by atoms with Gasteiger partial charge in [0.2, 0.25) is 0 Å². The highest BCUT2D eigenvalue weighted by Gasteiger charge is 2.27. The van der Waals surface area contributed by atoms with E-state index in [1.54, 1.807) is 6.20 Å². The summed E-state index contributed by atoms with van der Waals surface area (Å²) in [7, 11) is 2.50. The number of nitrogens with zero attached hydrogens (tertiary/aromatic N) is 4. The summed E-state index contributed by atoms with van der Waals surface area (Å²) in [5.74, 6) is 0. The van der Waals surface area contributed by atoms with E-state index in [1.165, 1.54) is 81.7 Å². The van der Waals surface area contributed by atoms with Gasteiger partial charge in [0.1, 0.15) is 5.69 Å². The average molecular weight is 605 g/mol. The van der Waals surface area contributed by atoms with Crippen molar-refractivity contribution in [2.75, 3.05) is 40.3 Å². The molecular formula is C35H68N6O2. The van der Waals surface area contributed by atoms with E-state index in [0.29, 0.717) is 12.0 Å². The number of aliphatic hydroxyl groups excluding tert-OH is 1. The molecule has 1 aromatic carbocycles. The third-order valence-corrected chi connectivity index (χ3v) is 6.98. The lowest BCUT2D eigenvalue weighted by molar-refractivity contribution is 0.0668. The molecule has 0 bridgehead atoms. The zero-order valence-electron chi connectivity index (χ0n) is 29.7. The molecule has 1 saturated heterocycles. The summed E-state index contributed by atoms with van der Waals surface area (Å²) in [6, 6.07) is 8.58. The van der Waals surface area contributed by atoms with Crippen molar-refractivity contribution >= 4 is 6.29 Å². The third kappa shape index (κ3) is 19.6. The summed E-state index contributed by atoms with van der Waals surface area (Å²) in [5.41, 5.74) is 15.0. The Labute approximate surface area is 265 Å². The number of aryl methyl sites for hydroxylation is 3. The number of hydrogen-bond donors (Lipinski definition) is 3. The standard InChI is InChI=1S/C23H40N2.C6H6N2O.C2H7N.C2H6.CH5N.CH4O/c1-6-14-25(22(8-3)9-4)23-12-15-24(16-13-23)18-21-11-10-19(5)17-20(21)7-2;1-5-2-8-6(4-9)3-7-5;1-2-3;3*1-2/h10-11,17,22-23H,6-9,12-16,18H2,1-5H3;2-4H,1H3;2-3H2,1H3;1-2H3;2H2,1H3;2H,1H3. The molecule has 0 aliphatic carbocycles. The van der Waals surface area contributed by atoms with Gasteiger partial charge in [0.05, 0.1) is 11.9 Å². The summed E-state index contributed by atoms with van der Waals surface area (Å²) >= 11 is 0. The Morgan fingerprint density at radius 3 is 1.95 bits per heavy atom. The van der Waals surface area contributed by atoms with Crippen LogP contribution in [0, 0.1) is 13.8 Å². The fourth-order valence-corrected chi connectivity index (χ4v) is 5.03. The summed E-state index contributed by atoms with van der Waals surface area (Å²) < 4.78 is 0. The van der Waals surface area contributed by atoms with E-state index in [4.69, 9.17) is 10.8 Å². The number of rotatable bonds is 10. The predicted octanol–water partition coefficient (Wildman–Crippen LogP) is 6.19. The van der Waals surface area contributed by atoms with E-state index in [1.807, 2.05) is 27.7 Å². The smallest absolute Gasteiger partial charge is 0.170 e. The second-order valence-corrected chi connectivity index (χ2v) is 9.95. The van der Waals surface area contributed by atoms with Crippen LogP contribution in [0.15, 0.2) is 30.6 Å². The van der Waals surface area contributed by atoms with Crippen LogP contribution >= 0.6 is 0 Å². The fourth-order valence-electron chi connectivity index (χ4n) is 5.03. The van der Waals surface area contributed by atoms with E-state index in [9.17, 15) is 4.79 Å². The first kappa shape index (κ1) is 45.2. The Morgan fingerprint density at radius 2 is 1.53 bits per heavy atom. The van der Waals surface area contributed by atoms with Gasteiger partial charge in [0.25, 0.3) is 0 Å². The molecule has 1 aliphatic heterocycles. The van der Waals surface area contributed by atoms with Gasteiger partial charge in [-0.1, -0.05) is 72.2 Å². The molecule has 1 aromatic heterocycles. The van der Waals surface area contributed by atoms with Gasteiger partial charge in [0, 0.05) is 31.9 Å². The van der Waals surface area contributed by atoms with Crippen molar-refractivity contribution in [1.29, 1.82) is 0 Å². The van der Waals surface area contributed by atoms with Crippen molar-refractivity contribution in [3.05, 3.63) is 58.7 Å². The Morgan fingerprint density at radius 1 is 0.977 bits per heavy atom. The number of nitrogens with two attached hydrogens (primary N) is 2. The molecule has 43 heavy (non-hydrogen) atoms. The normalized spacial score (nSPS) is 12.6. The van der Waals surface area contributed by atoms with Gasteiger partial charge in [-0.2, -0.15) is 0 Å². The van der Waals surface area contributed by atoms with Gasteiger partial charge in [-0.3, -0.25) is 19.6 Å². The van der Waals surface area contributed by atoms with Crippen LogP contribution in [0.25, 0.3) is 0 Å². The average Bonchev–Trinajstić information content (AvgIpc) is 3.06. The summed E-state index contributed by atoms with van der Waals surface area (Å²) in [6.45, 7) is 24.9. The van der Waals surface area contributed by atoms with Crippen LogP contribution < -0.4 is 11.5 Å². The van der Waals surface area contributed by atoms with Gasteiger partial charge >= 0.3 is 0 Å². The minimum absolute atomic E-state index is 0.376. The van der Waals surface area contributed by atoms with E-state index in [-0.39, 0.29) is 0 Å². The molecule has 8 nitrogen and oxygen atoms in total. The maximum absolute atomic E-state index is 10.0. The molecule has 3 rings (SSSR count). The van der Waals surface area contributed by atoms with Crippen molar-refractivity contribution in [1.82, 2.24) is 19.8 Å². The summed E-state index contributed by atoms with van der Waals surface area (Å²) in [5, 5.41) is 7.00. The molecule has 0 atom stereocenters. The Balaban J connectivity index is -0.000000733. The van der Waals surface area contributed by atoms with Crippen molar-refractivity contribution in [2.24, 2.45) is 11.5 Å². The maximum atomic E-state index is 10.0. The lowest BCUT2D eigenvalue weighted by atomic mass is 9.97. The van der Waals surface area contributed by atoms with Crippen LogP contribution in [-0.4, -0.2) is 83.6 Å². The van der Waals surface area contributed by atoms with E-state index >= 15 is 0 Å². The van der Waals surface area contributed by atoms with Crippen molar-refractivity contribution in [3.63, 3.8) is 0 Å². The molecule has 0 saturated carbocycles. The van der Waals surface area contributed by atoms with Crippen LogP contribution in [0.5, 0.6) is 0 Å². The number of piperidine rings is 1. The molecule has 0 radical (unpaired) electrons. The van der Waals surface area contributed by atoms with Gasteiger partial charge < -0.3 is 16.6 Å². The monoisotopic (exact) mass is 605 g/mol. The molecule has 250 valence electrons. The van der Waals surface area contributed by atoms with Gasteiger partial charge in [-0.05, 0) is 96.7 Å². The topological polar surface area (TPSA) is 122 Å². The van der Waals surface area contributed by atoms with Gasteiger partial charge in [-0.15, -0.1) is 0 Å². The molecular weight excluding hydrogens is 536 g/mol. The number of hydrogen-bond acceptors (Lipinski definition) is 8. The third-order valence-electron chi connectivity index (χ3n) is 6.98. The highest BCUT2D eigenvalue weighted by molar-refractivity contribution is 5.70. The minimum Gasteiger partial charge on any atom is -0.400 e. The zero-order chi connectivity index (χ0) is 33.6.